The number of ether oxygens (including phenoxy) is 2. The number of methoxy groups -OCH3 is 2. The molecule has 2 aromatic carbocycles. The van der Waals surface area contributed by atoms with Crippen molar-refractivity contribution in [2.24, 2.45) is 11.0 Å². The summed E-state index contributed by atoms with van der Waals surface area (Å²) in [7, 11) is 3.04. The first-order valence-electron chi connectivity index (χ1n) is 10.0. The van der Waals surface area contributed by atoms with Crippen LogP contribution in [-0.4, -0.2) is 55.2 Å². The van der Waals surface area contributed by atoms with Gasteiger partial charge >= 0.3 is 0 Å². The van der Waals surface area contributed by atoms with Crippen LogP contribution in [0.15, 0.2) is 47.6 Å². The highest BCUT2D eigenvalue weighted by Gasteiger charge is 2.28. The molecule has 168 valence electrons. The van der Waals surface area contributed by atoms with Gasteiger partial charge in [-0.15, -0.1) is 0 Å². The average Bonchev–Trinajstić information content (AvgIpc) is 2.83. The number of hydrazone groups is 1. The molecule has 0 atom stereocenters. The molecule has 32 heavy (non-hydrogen) atoms. The molecule has 0 saturated carbocycles. The van der Waals surface area contributed by atoms with E-state index in [2.05, 4.69) is 10.5 Å². The van der Waals surface area contributed by atoms with Crippen molar-refractivity contribution in [1.82, 2.24) is 10.3 Å². The summed E-state index contributed by atoms with van der Waals surface area (Å²) < 4.78 is 10.4. The van der Waals surface area contributed by atoms with Gasteiger partial charge in [-0.05, 0) is 25.0 Å². The standard InChI is InChI=1S/C22H24N4O6/c1-31-19-11-17(12-20(13-19)32-2)22(28)25-8-6-16(7-9-25)21(27)24-23-14-15-4-3-5-18(10-15)26(29)30/h3-5,10-14,16H,6-9H2,1-2H3,(H,24,27)/b23-14-. The number of carbonyl (C=O) groups is 2. The van der Waals surface area contributed by atoms with Gasteiger partial charge in [-0.1, -0.05) is 12.1 Å². The van der Waals surface area contributed by atoms with Crippen molar-refractivity contribution in [1.29, 1.82) is 0 Å². The number of nitrogens with one attached hydrogen (secondary N) is 1. The molecule has 2 aromatic rings. The lowest BCUT2D eigenvalue weighted by Gasteiger charge is -2.31. The zero-order valence-corrected chi connectivity index (χ0v) is 17.8. The molecule has 1 aliphatic heterocycles. The van der Waals surface area contributed by atoms with Crippen LogP contribution in [0.1, 0.15) is 28.8 Å². The van der Waals surface area contributed by atoms with Crippen LogP contribution in [-0.2, 0) is 4.79 Å². The minimum absolute atomic E-state index is 0.0500. The first kappa shape index (κ1) is 22.7. The number of hydrogen-bond donors (Lipinski definition) is 1. The third-order valence-electron chi connectivity index (χ3n) is 5.22. The van der Waals surface area contributed by atoms with Crippen LogP contribution in [0, 0.1) is 16.0 Å². The van der Waals surface area contributed by atoms with Gasteiger partial charge in [-0.2, -0.15) is 5.10 Å². The second kappa shape index (κ2) is 10.4. The van der Waals surface area contributed by atoms with Crippen LogP contribution < -0.4 is 14.9 Å². The van der Waals surface area contributed by atoms with E-state index < -0.39 is 4.92 Å². The van der Waals surface area contributed by atoms with E-state index in [1.165, 1.54) is 32.6 Å². The summed E-state index contributed by atoms with van der Waals surface area (Å²) in [6.45, 7) is 0.871. The molecule has 0 spiro atoms. The largest absolute Gasteiger partial charge is 0.497 e. The maximum Gasteiger partial charge on any atom is 0.270 e. The van der Waals surface area contributed by atoms with Gasteiger partial charge in [-0.25, -0.2) is 5.43 Å². The van der Waals surface area contributed by atoms with E-state index in [1.807, 2.05) is 0 Å². The molecule has 0 bridgehead atoms. The predicted octanol–water partition coefficient (Wildman–Crippen LogP) is 2.61. The van der Waals surface area contributed by atoms with Gasteiger partial charge in [0.05, 0.1) is 25.4 Å². The fraction of sp³-hybridized carbons (Fsp3) is 0.318. The Bertz CT molecular complexity index is 1010. The minimum Gasteiger partial charge on any atom is -0.497 e. The van der Waals surface area contributed by atoms with Gasteiger partial charge in [0.2, 0.25) is 5.91 Å². The number of benzene rings is 2. The number of nitrogens with zero attached hydrogens (tertiary/aromatic N) is 3. The number of non-ortho nitro benzene ring substituents is 1. The molecule has 2 amide bonds. The van der Waals surface area contributed by atoms with E-state index in [9.17, 15) is 19.7 Å². The molecule has 1 aliphatic rings. The third kappa shape index (κ3) is 5.60. The summed E-state index contributed by atoms with van der Waals surface area (Å²) >= 11 is 0. The minimum atomic E-state index is -0.493. The van der Waals surface area contributed by atoms with Crippen molar-refractivity contribution in [3.05, 3.63) is 63.7 Å². The first-order valence-corrected chi connectivity index (χ1v) is 10.0. The van der Waals surface area contributed by atoms with Crippen LogP contribution >= 0.6 is 0 Å². The zero-order valence-electron chi connectivity index (χ0n) is 17.8. The topological polar surface area (TPSA) is 123 Å². The molecule has 1 heterocycles. The highest BCUT2D eigenvalue weighted by Crippen LogP contribution is 2.25. The number of hydrogen-bond acceptors (Lipinski definition) is 7. The van der Waals surface area contributed by atoms with Crippen LogP contribution in [0.3, 0.4) is 0 Å². The molecule has 0 unspecified atom stereocenters. The summed E-state index contributed by atoms with van der Waals surface area (Å²) in [5.74, 6) is 0.389. The number of rotatable bonds is 7. The summed E-state index contributed by atoms with van der Waals surface area (Å²) in [6.07, 6.45) is 2.37. The second-order valence-corrected chi connectivity index (χ2v) is 7.25. The van der Waals surface area contributed by atoms with Crippen LogP contribution in [0.25, 0.3) is 0 Å². The molecule has 1 saturated heterocycles. The highest BCUT2D eigenvalue weighted by molar-refractivity contribution is 5.95. The van der Waals surface area contributed by atoms with Crippen LogP contribution in [0.5, 0.6) is 11.5 Å². The summed E-state index contributed by atoms with van der Waals surface area (Å²) in [4.78, 5) is 37.3. The molecule has 3 rings (SSSR count). The Labute approximate surface area is 185 Å². The Morgan fingerprint density at radius 1 is 1.12 bits per heavy atom. The first-order chi connectivity index (χ1) is 15.4. The Morgan fingerprint density at radius 2 is 1.78 bits per heavy atom. The molecule has 0 aliphatic carbocycles. The summed E-state index contributed by atoms with van der Waals surface area (Å²) in [5.41, 5.74) is 3.40. The fourth-order valence-corrected chi connectivity index (χ4v) is 3.44. The predicted molar refractivity (Wildman–Crippen MR) is 117 cm³/mol. The number of nitro benzene ring substituents is 1. The van der Waals surface area contributed by atoms with E-state index in [-0.39, 0.29) is 23.4 Å². The summed E-state index contributed by atoms with van der Waals surface area (Å²) in [6, 6.07) is 11.0. The van der Waals surface area contributed by atoms with E-state index in [4.69, 9.17) is 9.47 Å². The number of likely N-dealkylation sites (tertiary alicyclic amines) is 1. The monoisotopic (exact) mass is 440 g/mol. The Balaban J connectivity index is 1.54. The van der Waals surface area contributed by atoms with Crippen LogP contribution in [0.2, 0.25) is 0 Å². The zero-order chi connectivity index (χ0) is 23.1. The quantitative estimate of drug-likeness (QED) is 0.401. The van der Waals surface area contributed by atoms with Crippen molar-refractivity contribution < 1.29 is 24.0 Å². The lowest BCUT2D eigenvalue weighted by Crippen LogP contribution is -2.42. The van der Waals surface area contributed by atoms with Crippen molar-refractivity contribution in [2.75, 3.05) is 27.3 Å². The molecule has 1 fully saturated rings. The van der Waals surface area contributed by atoms with E-state index in [0.717, 1.165) is 0 Å². The highest BCUT2D eigenvalue weighted by atomic mass is 16.6. The van der Waals surface area contributed by atoms with Gasteiger partial charge in [0.1, 0.15) is 11.5 Å². The fourth-order valence-electron chi connectivity index (χ4n) is 3.44. The number of nitro groups is 1. The van der Waals surface area contributed by atoms with Gasteiger partial charge in [0.15, 0.2) is 0 Å². The Hall–Kier alpha value is -3.95. The van der Waals surface area contributed by atoms with Crippen molar-refractivity contribution in [3.63, 3.8) is 0 Å². The molecule has 1 N–H and O–H groups in total. The Morgan fingerprint density at radius 3 is 2.38 bits per heavy atom. The second-order valence-electron chi connectivity index (χ2n) is 7.25. The third-order valence-corrected chi connectivity index (χ3v) is 5.22. The van der Waals surface area contributed by atoms with Crippen molar-refractivity contribution in [2.45, 2.75) is 12.8 Å². The maximum atomic E-state index is 12.9. The molecular formula is C22H24N4O6. The van der Waals surface area contributed by atoms with Crippen molar-refractivity contribution >= 4 is 23.7 Å². The van der Waals surface area contributed by atoms with E-state index >= 15 is 0 Å². The number of amides is 2. The van der Waals surface area contributed by atoms with Gasteiger partial charge in [0, 0.05) is 48.3 Å². The molecule has 0 radical (unpaired) electrons. The maximum absolute atomic E-state index is 12.9. The smallest absolute Gasteiger partial charge is 0.270 e. The molecule has 0 aromatic heterocycles. The molecule has 10 heteroatoms. The SMILES string of the molecule is COc1cc(OC)cc(C(=O)N2CCC(C(=O)N/N=C\c3cccc([N+](=O)[O-])c3)CC2)c1. The van der Waals surface area contributed by atoms with Gasteiger partial charge in [0.25, 0.3) is 11.6 Å². The van der Waals surface area contributed by atoms with E-state index in [0.29, 0.717) is 48.6 Å². The molecular weight excluding hydrogens is 416 g/mol. The van der Waals surface area contributed by atoms with Gasteiger partial charge < -0.3 is 14.4 Å². The Kier molecular flexibility index (Phi) is 7.37. The average molecular weight is 440 g/mol. The molecule has 10 nitrogen and oxygen atoms in total. The lowest BCUT2D eigenvalue weighted by atomic mass is 9.95. The number of carbonyl (C=O) groups excluding carboxylic acids is 2. The lowest BCUT2D eigenvalue weighted by molar-refractivity contribution is -0.384. The summed E-state index contributed by atoms with van der Waals surface area (Å²) in [5, 5.41) is 14.7. The van der Waals surface area contributed by atoms with Crippen LogP contribution in [0.4, 0.5) is 5.69 Å². The normalized spacial score (nSPS) is 14.2. The van der Waals surface area contributed by atoms with Gasteiger partial charge in [-0.3, -0.25) is 19.7 Å². The van der Waals surface area contributed by atoms with Crippen molar-refractivity contribution in [3.8, 4) is 11.5 Å². The number of piperidine rings is 1. The van der Waals surface area contributed by atoms with E-state index in [1.54, 1.807) is 35.2 Å².